The lowest BCUT2D eigenvalue weighted by molar-refractivity contribution is -0.894. The van der Waals surface area contributed by atoms with Crippen molar-refractivity contribution in [2.45, 2.75) is 110 Å². The van der Waals surface area contributed by atoms with Crippen molar-refractivity contribution >= 4 is 5.91 Å². The number of hydrogen-bond acceptors (Lipinski definition) is 1. The van der Waals surface area contributed by atoms with Gasteiger partial charge in [0.15, 0.2) is 0 Å². The molecule has 1 heterocycles. The SMILES string of the molecule is CCCCCCCCCCCCCCCCCC(=O)N1CC[N+](C)(C)CC1.[I-]. The number of halogens is 1. The molecule has 0 radical (unpaired) electrons. The molecule has 1 rings (SSSR count). The summed E-state index contributed by atoms with van der Waals surface area (Å²) in [6, 6.07) is 0. The fourth-order valence-corrected chi connectivity index (χ4v) is 4.06. The molecule has 0 unspecified atom stereocenters. The Bertz CT molecular complexity index is 364. The highest BCUT2D eigenvalue weighted by molar-refractivity contribution is 5.76. The van der Waals surface area contributed by atoms with Crippen molar-refractivity contribution in [2.75, 3.05) is 40.3 Å². The molecule has 0 aromatic rings. The predicted octanol–water partition coefficient (Wildman–Crippen LogP) is 3.17. The molecule has 1 fully saturated rings. The summed E-state index contributed by atoms with van der Waals surface area (Å²) in [5.41, 5.74) is 0. The maximum Gasteiger partial charge on any atom is 0.222 e. The smallest absolute Gasteiger partial charge is 0.222 e. The van der Waals surface area contributed by atoms with Crippen LogP contribution in [0.5, 0.6) is 0 Å². The molecule has 0 aromatic heterocycles. The fraction of sp³-hybridized carbons (Fsp3) is 0.958. The first-order valence-corrected chi connectivity index (χ1v) is 12.1. The number of hydrogen-bond donors (Lipinski definition) is 0. The average Bonchev–Trinajstić information content (AvgIpc) is 2.64. The van der Waals surface area contributed by atoms with E-state index in [0.717, 1.165) is 43.5 Å². The van der Waals surface area contributed by atoms with E-state index in [1.54, 1.807) is 0 Å². The monoisotopic (exact) mass is 508 g/mol. The summed E-state index contributed by atoms with van der Waals surface area (Å²) < 4.78 is 1.06. The number of likely N-dealkylation sites (N-methyl/N-ethyl adjacent to an activating group) is 1. The van der Waals surface area contributed by atoms with Crippen molar-refractivity contribution in [1.29, 1.82) is 0 Å². The van der Waals surface area contributed by atoms with E-state index in [4.69, 9.17) is 0 Å². The number of rotatable bonds is 16. The average molecular weight is 509 g/mol. The molecule has 0 aromatic carbocycles. The summed E-state index contributed by atoms with van der Waals surface area (Å²) >= 11 is 0. The first-order chi connectivity index (χ1) is 13.0. The first-order valence-electron chi connectivity index (χ1n) is 12.1. The van der Waals surface area contributed by atoms with Gasteiger partial charge in [-0.25, -0.2) is 0 Å². The van der Waals surface area contributed by atoms with Gasteiger partial charge in [0.1, 0.15) is 0 Å². The van der Waals surface area contributed by atoms with Crippen molar-refractivity contribution in [3.8, 4) is 0 Å². The van der Waals surface area contributed by atoms with E-state index in [1.807, 2.05) is 0 Å². The van der Waals surface area contributed by atoms with Crippen molar-refractivity contribution < 1.29 is 33.3 Å². The largest absolute Gasteiger partial charge is 1.00 e. The summed E-state index contributed by atoms with van der Waals surface area (Å²) in [6.07, 6.45) is 21.5. The highest BCUT2D eigenvalue weighted by Gasteiger charge is 2.26. The summed E-state index contributed by atoms with van der Waals surface area (Å²) in [7, 11) is 4.52. The van der Waals surface area contributed by atoms with E-state index in [1.165, 1.54) is 89.9 Å². The van der Waals surface area contributed by atoms with Crippen LogP contribution in [0.25, 0.3) is 0 Å². The number of nitrogens with zero attached hydrogens (tertiary/aromatic N) is 2. The molecule has 3 nitrogen and oxygen atoms in total. The summed E-state index contributed by atoms with van der Waals surface area (Å²) in [5, 5.41) is 0. The van der Waals surface area contributed by atoms with Gasteiger partial charge in [0, 0.05) is 6.42 Å². The van der Waals surface area contributed by atoms with Gasteiger partial charge in [-0.15, -0.1) is 0 Å². The normalized spacial score (nSPS) is 16.0. The second-order valence-corrected chi connectivity index (χ2v) is 9.46. The Morgan fingerprint density at radius 2 is 1.04 bits per heavy atom. The zero-order chi connectivity index (χ0) is 19.8. The van der Waals surface area contributed by atoms with Crippen LogP contribution in [-0.4, -0.2) is 55.6 Å². The van der Waals surface area contributed by atoms with Gasteiger partial charge in [-0.05, 0) is 6.42 Å². The summed E-state index contributed by atoms with van der Waals surface area (Å²) in [6.45, 7) is 6.39. The molecule has 4 heteroatoms. The van der Waals surface area contributed by atoms with Gasteiger partial charge in [0.2, 0.25) is 5.91 Å². The van der Waals surface area contributed by atoms with Crippen LogP contribution >= 0.6 is 0 Å². The molecule has 28 heavy (non-hydrogen) atoms. The number of unbranched alkanes of at least 4 members (excludes halogenated alkanes) is 14. The lowest BCUT2D eigenvalue weighted by Crippen LogP contribution is -3.00. The molecule has 0 spiro atoms. The third kappa shape index (κ3) is 15.1. The van der Waals surface area contributed by atoms with Crippen LogP contribution in [0.4, 0.5) is 0 Å². The van der Waals surface area contributed by atoms with E-state index < -0.39 is 0 Å². The minimum atomic E-state index is 0. The Kier molecular flexibility index (Phi) is 18.1. The molecule has 168 valence electrons. The van der Waals surface area contributed by atoms with Gasteiger partial charge in [-0.3, -0.25) is 4.79 Å². The topological polar surface area (TPSA) is 20.3 Å². The van der Waals surface area contributed by atoms with Crippen LogP contribution in [0.1, 0.15) is 110 Å². The Balaban J connectivity index is 0.00000729. The number of amides is 1. The van der Waals surface area contributed by atoms with Crippen LogP contribution in [0.2, 0.25) is 0 Å². The Hall–Kier alpha value is 0.160. The van der Waals surface area contributed by atoms with Gasteiger partial charge in [-0.2, -0.15) is 0 Å². The number of piperazine rings is 1. The lowest BCUT2D eigenvalue weighted by Gasteiger charge is -2.39. The quantitative estimate of drug-likeness (QED) is 0.178. The van der Waals surface area contributed by atoms with Gasteiger partial charge >= 0.3 is 0 Å². The molecule has 0 bridgehead atoms. The van der Waals surface area contributed by atoms with E-state index in [2.05, 4.69) is 25.9 Å². The standard InChI is InChI=1S/C24H49N2O.HI/c1-4-5-6-7-8-9-10-11-12-13-14-15-16-17-18-19-24(27)25-20-22-26(2,3)23-21-25;/h4-23H2,1-3H3;1H/q+1;/p-1. The van der Waals surface area contributed by atoms with Crippen molar-refractivity contribution in [3.05, 3.63) is 0 Å². The number of quaternary nitrogens is 1. The molecule has 0 saturated carbocycles. The van der Waals surface area contributed by atoms with Gasteiger partial charge < -0.3 is 33.4 Å². The molecule has 1 saturated heterocycles. The highest BCUT2D eigenvalue weighted by atomic mass is 127. The van der Waals surface area contributed by atoms with E-state index in [0.29, 0.717) is 5.91 Å². The third-order valence-electron chi connectivity index (χ3n) is 6.30. The zero-order valence-electron chi connectivity index (χ0n) is 19.3. The van der Waals surface area contributed by atoms with E-state index >= 15 is 0 Å². The Morgan fingerprint density at radius 3 is 1.43 bits per heavy atom. The van der Waals surface area contributed by atoms with Gasteiger partial charge in [0.05, 0.1) is 40.3 Å². The molecular formula is C24H49IN2O. The second-order valence-electron chi connectivity index (χ2n) is 9.46. The second kappa shape index (κ2) is 18.0. The summed E-state index contributed by atoms with van der Waals surface area (Å²) in [4.78, 5) is 14.4. The first kappa shape index (κ1) is 28.2. The van der Waals surface area contributed by atoms with Crippen molar-refractivity contribution in [3.63, 3.8) is 0 Å². The molecule has 1 aliphatic rings. The van der Waals surface area contributed by atoms with Crippen molar-refractivity contribution in [2.24, 2.45) is 0 Å². The number of carbonyl (C=O) groups is 1. The minimum absolute atomic E-state index is 0. The Labute approximate surface area is 193 Å². The van der Waals surface area contributed by atoms with Gasteiger partial charge in [0.25, 0.3) is 0 Å². The van der Waals surface area contributed by atoms with E-state index in [9.17, 15) is 4.79 Å². The van der Waals surface area contributed by atoms with Crippen LogP contribution in [0, 0.1) is 0 Å². The molecule has 0 atom stereocenters. The van der Waals surface area contributed by atoms with E-state index in [-0.39, 0.29) is 24.0 Å². The summed E-state index contributed by atoms with van der Waals surface area (Å²) in [5.74, 6) is 0.393. The minimum Gasteiger partial charge on any atom is -1.00 e. The Morgan fingerprint density at radius 1 is 0.679 bits per heavy atom. The molecule has 0 aliphatic carbocycles. The highest BCUT2D eigenvalue weighted by Crippen LogP contribution is 2.14. The molecule has 1 amide bonds. The predicted molar refractivity (Wildman–Crippen MR) is 118 cm³/mol. The maximum atomic E-state index is 12.3. The third-order valence-corrected chi connectivity index (χ3v) is 6.30. The van der Waals surface area contributed by atoms with Crippen LogP contribution in [-0.2, 0) is 4.79 Å². The molecule has 0 N–H and O–H groups in total. The van der Waals surface area contributed by atoms with Crippen LogP contribution in [0.3, 0.4) is 0 Å². The van der Waals surface area contributed by atoms with Crippen LogP contribution in [0.15, 0.2) is 0 Å². The lowest BCUT2D eigenvalue weighted by atomic mass is 10.0. The number of carbonyl (C=O) groups excluding carboxylic acids is 1. The molecule has 1 aliphatic heterocycles. The van der Waals surface area contributed by atoms with Crippen molar-refractivity contribution in [1.82, 2.24) is 4.90 Å². The fourth-order valence-electron chi connectivity index (χ4n) is 4.06. The molecular weight excluding hydrogens is 459 g/mol. The zero-order valence-corrected chi connectivity index (χ0v) is 21.5. The van der Waals surface area contributed by atoms with Crippen LogP contribution < -0.4 is 24.0 Å². The maximum absolute atomic E-state index is 12.3. The van der Waals surface area contributed by atoms with Gasteiger partial charge in [-0.1, -0.05) is 96.8 Å².